The molecule has 0 heterocycles. The lowest BCUT2D eigenvalue weighted by atomic mass is 9.69. The molecule has 0 unspecified atom stereocenters. The molecule has 19 heavy (non-hydrogen) atoms. The minimum atomic E-state index is -0.525. The summed E-state index contributed by atoms with van der Waals surface area (Å²) in [5.41, 5.74) is -0.675. The highest BCUT2D eigenvalue weighted by molar-refractivity contribution is 5.81. The summed E-state index contributed by atoms with van der Waals surface area (Å²) in [6.07, 6.45) is 2.48. The van der Waals surface area contributed by atoms with Crippen molar-refractivity contribution in [3.8, 4) is 0 Å². The Labute approximate surface area is 116 Å². The standard InChI is InChI=1S/C15H26O4/c1-7-12(16)18-10-8-9-11-19-13(17)15(5,6)14(2,3)4/h7H,1,8-11H2,2-6H3. The fourth-order valence-corrected chi connectivity index (χ4v) is 1.09. The molecule has 0 aliphatic heterocycles. The van der Waals surface area contributed by atoms with Gasteiger partial charge in [0.15, 0.2) is 0 Å². The Morgan fingerprint density at radius 2 is 1.47 bits per heavy atom. The van der Waals surface area contributed by atoms with E-state index in [1.165, 1.54) is 0 Å². The van der Waals surface area contributed by atoms with Crippen molar-refractivity contribution in [2.45, 2.75) is 47.5 Å². The van der Waals surface area contributed by atoms with E-state index in [-0.39, 0.29) is 11.4 Å². The minimum Gasteiger partial charge on any atom is -0.465 e. The number of ether oxygens (including phenoxy) is 2. The normalized spacial score (nSPS) is 11.8. The number of unbranched alkanes of at least 4 members (excludes halogenated alkanes) is 1. The average Bonchev–Trinajstić information content (AvgIpc) is 2.31. The Kier molecular flexibility index (Phi) is 6.81. The molecule has 0 aromatic heterocycles. The van der Waals surface area contributed by atoms with E-state index in [9.17, 15) is 9.59 Å². The zero-order valence-electron chi connectivity index (χ0n) is 12.7. The molecule has 0 spiro atoms. The zero-order valence-corrected chi connectivity index (χ0v) is 12.7. The van der Waals surface area contributed by atoms with Gasteiger partial charge >= 0.3 is 11.9 Å². The lowest BCUT2D eigenvalue weighted by Crippen LogP contribution is -2.39. The van der Waals surface area contributed by atoms with Crippen LogP contribution < -0.4 is 0 Å². The van der Waals surface area contributed by atoms with Crippen molar-refractivity contribution in [1.82, 2.24) is 0 Å². The van der Waals surface area contributed by atoms with Crippen molar-refractivity contribution >= 4 is 11.9 Å². The Balaban J connectivity index is 3.87. The maximum Gasteiger partial charge on any atom is 0.330 e. The molecule has 0 aliphatic rings. The Morgan fingerprint density at radius 3 is 1.89 bits per heavy atom. The number of carbonyl (C=O) groups excluding carboxylic acids is 2. The topological polar surface area (TPSA) is 52.6 Å². The van der Waals surface area contributed by atoms with Gasteiger partial charge in [0, 0.05) is 6.08 Å². The highest BCUT2D eigenvalue weighted by Gasteiger charge is 2.40. The molecule has 0 N–H and O–H groups in total. The SMILES string of the molecule is C=CC(=O)OCCCCOC(=O)C(C)(C)C(C)(C)C. The number of esters is 2. The van der Waals surface area contributed by atoms with Crippen LogP contribution in [-0.4, -0.2) is 25.2 Å². The van der Waals surface area contributed by atoms with Gasteiger partial charge in [-0.15, -0.1) is 0 Å². The quantitative estimate of drug-likeness (QED) is 0.405. The van der Waals surface area contributed by atoms with E-state index in [1.54, 1.807) is 0 Å². The van der Waals surface area contributed by atoms with E-state index in [0.717, 1.165) is 6.08 Å². The van der Waals surface area contributed by atoms with Crippen LogP contribution in [0.3, 0.4) is 0 Å². The first-order valence-corrected chi connectivity index (χ1v) is 6.59. The van der Waals surface area contributed by atoms with Gasteiger partial charge in [-0.25, -0.2) is 4.79 Å². The number of hydrogen-bond donors (Lipinski definition) is 0. The molecule has 0 aliphatic carbocycles. The smallest absolute Gasteiger partial charge is 0.330 e. The van der Waals surface area contributed by atoms with Crippen LogP contribution in [0.1, 0.15) is 47.5 Å². The fraction of sp³-hybridized carbons (Fsp3) is 0.733. The first-order valence-electron chi connectivity index (χ1n) is 6.59. The van der Waals surface area contributed by atoms with Crippen molar-refractivity contribution in [3.63, 3.8) is 0 Å². The molecule has 0 rings (SSSR count). The van der Waals surface area contributed by atoms with Gasteiger partial charge in [0.05, 0.1) is 18.6 Å². The van der Waals surface area contributed by atoms with Crippen LogP contribution in [0.2, 0.25) is 0 Å². The van der Waals surface area contributed by atoms with Crippen LogP contribution >= 0.6 is 0 Å². The second-order valence-electron chi connectivity index (χ2n) is 6.09. The van der Waals surface area contributed by atoms with Crippen molar-refractivity contribution in [1.29, 1.82) is 0 Å². The summed E-state index contributed by atoms with van der Waals surface area (Å²) in [6, 6.07) is 0. The Morgan fingerprint density at radius 1 is 1.00 bits per heavy atom. The number of rotatable bonds is 7. The summed E-state index contributed by atoms with van der Waals surface area (Å²) in [5, 5.41) is 0. The summed E-state index contributed by atoms with van der Waals surface area (Å²) in [4.78, 5) is 22.7. The van der Waals surface area contributed by atoms with E-state index in [0.29, 0.717) is 26.1 Å². The van der Waals surface area contributed by atoms with E-state index in [1.807, 2.05) is 34.6 Å². The Bertz CT molecular complexity index is 324. The summed E-state index contributed by atoms with van der Waals surface area (Å²) < 4.78 is 10.1. The molecular weight excluding hydrogens is 244 g/mol. The third-order valence-electron chi connectivity index (χ3n) is 3.57. The maximum atomic E-state index is 12.0. The summed E-state index contributed by atoms with van der Waals surface area (Å²) in [7, 11) is 0. The van der Waals surface area contributed by atoms with Crippen LogP contribution in [0.4, 0.5) is 0 Å². The van der Waals surface area contributed by atoms with Crippen LogP contribution in [0, 0.1) is 10.8 Å². The first kappa shape index (κ1) is 17.7. The third kappa shape index (κ3) is 5.90. The van der Waals surface area contributed by atoms with E-state index in [4.69, 9.17) is 9.47 Å². The molecule has 4 nitrogen and oxygen atoms in total. The van der Waals surface area contributed by atoms with E-state index < -0.39 is 11.4 Å². The summed E-state index contributed by atoms with van der Waals surface area (Å²) >= 11 is 0. The van der Waals surface area contributed by atoms with Gasteiger partial charge in [-0.05, 0) is 32.1 Å². The van der Waals surface area contributed by atoms with Crippen molar-refractivity contribution in [2.24, 2.45) is 10.8 Å². The second-order valence-corrected chi connectivity index (χ2v) is 6.09. The van der Waals surface area contributed by atoms with Gasteiger partial charge in [-0.3, -0.25) is 4.79 Å². The van der Waals surface area contributed by atoms with E-state index >= 15 is 0 Å². The predicted octanol–water partition coefficient (Wildman–Crippen LogP) is 3.11. The number of carbonyl (C=O) groups is 2. The highest BCUT2D eigenvalue weighted by Crippen LogP contribution is 2.38. The molecule has 110 valence electrons. The van der Waals surface area contributed by atoms with Crippen LogP contribution in [0.15, 0.2) is 12.7 Å². The van der Waals surface area contributed by atoms with Gasteiger partial charge in [0.2, 0.25) is 0 Å². The molecule has 0 fully saturated rings. The molecule has 0 atom stereocenters. The van der Waals surface area contributed by atoms with Crippen LogP contribution in [0.25, 0.3) is 0 Å². The molecule has 0 saturated carbocycles. The molecule has 0 aromatic carbocycles. The molecular formula is C15H26O4. The lowest BCUT2D eigenvalue weighted by molar-refractivity contribution is -0.160. The predicted molar refractivity (Wildman–Crippen MR) is 74.6 cm³/mol. The fourth-order valence-electron chi connectivity index (χ4n) is 1.09. The molecule has 0 bridgehead atoms. The summed E-state index contributed by atoms with van der Waals surface area (Å²) in [5.74, 6) is -0.617. The molecule has 0 aromatic rings. The maximum absolute atomic E-state index is 12.0. The van der Waals surface area contributed by atoms with Gasteiger partial charge in [0.1, 0.15) is 0 Å². The molecule has 4 heteroatoms. The zero-order chi connectivity index (χ0) is 15.1. The van der Waals surface area contributed by atoms with Crippen molar-refractivity contribution in [3.05, 3.63) is 12.7 Å². The van der Waals surface area contributed by atoms with Gasteiger partial charge in [-0.1, -0.05) is 27.4 Å². The largest absolute Gasteiger partial charge is 0.465 e. The van der Waals surface area contributed by atoms with E-state index in [2.05, 4.69) is 6.58 Å². The second kappa shape index (κ2) is 7.31. The number of hydrogen-bond acceptors (Lipinski definition) is 4. The van der Waals surface area contributed by atoms with Crippen molar-refractivity contribution < 1.29 is 19.1 Å². The lowest BCUT2D eigenvalue weighted by Gasteiger charge is -2.36. The molecule has 0 radical (unpaired) electrons. The third-order valence-corrected chi connectivity index (χ3v) is 3.57. The van der Waals surface area contributed by atoms with Gasteiger partial charge < -0.3 is 9.47 Å². The highest BCUT2D eigenvalue weighted by atomic mass is 16.5. The summed E-state index contributed by atoms with van der Waals surface area (Å²) in [6.45, 7) is 13.8. The van der Waals surface area contributed by atoms with Crippen LogP contribution in [0.5, 0.6) is 0 Å². The van der Waals surface area contributed by atoms with Crippen LogP contribution in [-0.2, 0) is 19.1 Å². The van der Waals surface area contributed by atoms with Gasteiger partial charge in [-0.2, -0.15) is 0 Å². The van der Waals surface area contributed by atoms with Crippen molar-refractivity contribution in [2.75, 3.05) is 13.2 Å². The average molecular weight is 270 g/mol. The molecule has 0 saturated heterocycles. The molecule has 0 amide bonds. The monoisotopic (exact) mass is 270 g/mol. The first-order chi connectivity index (χ1) is 8.63. The minimum absolute atomic E-state index is 0.149. The van der Waals surface area contributed by atoms with Gasteiger partial charge in [0.25, 0.3) is 0 Å². The Hall–Kier alpha value is -1.32.